The van der Waals surface area contributed by atoms with Crippen molar-refractivity contribution in [3.05, 3.63) is 34.3 Å². The van der Waals surface area contributed by atoms with E-state index in [2.05, 4.69) is 48.9 Å². The molecule has 0 aromatic heterocycles. The number of rotatable bonds is 2. The predicted molar refractivity (Wildman–Crippen MR) is 77.6 cm³/mol. The molecule has 1 aliphatic rings. The summed E-state index contributed by atoms with van der Waals surface area (Å²) in [7, 11) is 0. The third-order valence-electron chi connectivity index (χ3n) is 3.86. The van der Waals surface area contributed by atoms with Crippen molar-refractivity contribution in [2.45, 2.75) is 40.2 Å². The number of nitrogens with one attached hydrogen (secondary N) is 1. The second-order valence-corrected chi connectivity index (χ2v) is 7.48. The number of carbonyl (C=O) groups excluding carboxylic acids is 1. The lowest BCUT2D eigenvalue weighted by molar-refractivity contribution is -0.0366. The van der Waals surface area contributed by atoms with Crippen LogP contribution < -0.4 is 5.32 Å². The fourth-order valence-corrected chi connectivity index (χ4v) is 3.78. The van der Waals surface area contributed by atoms with E-state index in [1.165, 1.54) is 0 Å². The second-order valence-electron chi connectivity index (χ2n) is 6.57. The van der Waals surface area contributed by atoms with Crippen LogP contribution in [0.2, 0.25) is 0 Å². The minimum Gasteiger partial charge on any atom is -0.348 e. The Labute approximate surface area is 117 Å². The maximum atomic E-state index is 12.2. The van der Waals surface area contributed by atoms with Gasteiger partial charge in [0.15, 0.2) is 0 Å². The van der Waals surface area contributed by atoms with Gasteiger partial charge in [-0.3, -0.25) is 4.79 Å². The first-order valence-corrected chi connectivity index (χ1v) is 7.08. The molecule has 0 saturated heterocycles. The van der Waals surface area contributed by atoms with Crippen LogP contribution in [0.4, 0.5) is 0 Å². The molecule has 98 valence electrons. The van der Waals surface area contributed by atoms with Crippen LogP contribution in [0.15, 0.2) is 28.7 Å². The van der Waals surface area contributed by atoms with Crippen molar-refractivity contribution < 1.29 is 4.79 Å². The first-order chi connectivity index (χ1) is 8.22. The topological polar surface area (TPSA) is 29.1 Å². The molecule has 0 unspecified atom stereocenters. The van der Waals surface area contributed by atoms with Crippen molar-refractivity contribution in [3.8, 4) is 0 Å². The van der Waals surface area contributed by atoms with E-state index in [1.807, 2.05) is 24.3 Å². The number of hydrogen-bond donors (Lipinski definition) is 1. The van der Waals surface area contributed by atoms with Crippen molar-refractivity contribution in [1.29, 1.82) is 0 Å². The average molecular weight is 310 g/mol. The largest absolute Gasteiger partial charge is 0.348 e. The molecule has 2 nitrogen and oxygen atoms in total. The molecular weight excluding hydrogens is 290 g/mol. The van der Waals surface area contributed by atoms with Gasteiger partial charge in [0.25, 0.3) is 5.91 Å². The number of carbonyl (C=O) groups is 1. The standard InChI is InChI=1S/C15H20BrNO/c1-14(2)9-15(3,4)13(14)17-12(18)10-5-7-11(16)8-6-10/h5-8,13H,9H2,1-4H3,(H,17,18). The summed E-state index contributed by atoms with van der Waals surface area (Å²) in [5.74, 6) is 0.0216. The molecule has 0 atom stereocenters. The Morgan fingerprint density at radius 1 is 1.17 bits per heavy atom. The van der Waals surface area contributed by atoms with Crippen LogP contribution in [0.25, 0.3) is 0 Å². The van der Waals surface area contributed by atoms with Gasteiger partial charge in [-0.25, -0.2) is 0 Å². The fraction of sp³-hybridized carbons (Fsp3) is 0.533. The van der Waals surface area contributed by atoms with E-state index >= 15 is 0 Å². The van der Waals surface area contributed by atoms with Crippen LogP contribution in [0, 0.1) is 10.8 Å². The summed E-state index contributed by atoms with van der Waals surface area (Å²) >= 11 is 3.37. The molecule has 3 heteroatoms. The van der Waals surface area contributed by atoms with Gasteiger partial charge in [0.05, 0.1) is 0 Å². The number of amides is 1. The van der Waals surface area contributed by atoms with Crippen molar-refractivity contribution in [1.82, 2.24) is 5.32 Å². The number of benzene rings is 1. The van der Waals surface area contributed by atoms with Crippen molar-refractivity contribution in [2.75, 3.05) is 0 Å². The average Bonchev–Trinajstić information content (AvgIpc) is 2.25. The Bertz CT molecular complexity index is 448. The molecule has 0 heterocycles. The Morgan fingerprint density at radius 3 is 2.11 bits per heavy atom. The minimum atomic E-state index is 0.0216. The highest BCUT2D eigenvalue weighted by Gasteiger charge is 2.53. The molecule has 0 radical (unpaired) electrons. The van der Waals surface area contributed by atoms with Gasteiger partial charge in [0.1, 0.15) is 0 Å². The highest BCUT2D eigenvalue weighted by atomic mass is 79.9. The minimum absolute atomic E-state index is 0.0216. The van der Waals surface area contributed by atoms with Crippen LogP contribution in [0.5, 0.6) is 0 Å². The zero-order valence-electron chi connectivity index (χ0n) is 11.4. The smallest absolute Gasteiger partial charge is 0.251 e. The van der Waals surface area contributed by atoms with Crippen LogP contribution in [-0.2, 0) is 0 Å². The van der Waals surface area contributed by atoms with Gasteiger partial charge in [-0.05, 0) is 41.5 Å². The molecule has 0 spiro atoms. The van der Waals surface area contributed by atoms with E-state index in [-0.39, 0.29) is 22.8 Å². The van der Waals surface area contributed by atoms with Crippen LogP contribution in [-0.4, -0.2) is 11.9 Å². The van der Waals surface area contributed by atoms with Crippen molar-refractivity contribution in [2.24, 2.45) is 10.8 Å². The molecule has 1 aromatic carbocycles. The van der Waals surface area contributed by atoms with Gasteiger partial charge in [-0.1, -0.05) is 43.6 Å². The predicted octanol–water partition coefficient (Wildman–Crippen LogP) is 4.00. The molecule has 1 aliphatic carbocycles. The van der Waals surface area contributed by atoms with E-state index in [0.29, 0.717) is 0 Å². The summed E-state index contributed by atoms with van der Waals surface area (Å²) in [5.41, 5.74) is 1.10. The summed E-state index contributed by atoms with van der Waals surface area (Å²) < 4.78 is 0.989. The molecular formula is C15H20BrNO. The van der Waals surface area contributed by atoms with E-state index in [0.717, 1.165) is 16.5 Å². The lowest BCUT2D eigenvalue weighted by Gasteiger charge is -2.57. The van der Waals surface area contributed by atoms with Gasteiger partial charge in [0, 0.05) is 16.1 Å². The Hall–Kier alpha value is -0.830. The first kappa shape index (κ1) is 13.6. The lowest BCUT2D eigenvalue weighted by Crippen LogP contribution is -2.63. The third-order valence-corrected chi connectivity index (χ3v) is 4.38. The Balaban J connectivity index is 2.10. The lowest BCUT2D eigenvalue weighted by atomic mass is 9.52. The van der Waals surface area contributed by atoms with Crippen LogP contribution in [0.3, 0.4) is 0 Å². The zero-order chi connectivity index (χ0) is 13.6. The first-order valence-electron chi connectivity index (χ1n) is 6.29. The second kappa shape index (κ2) is 4.37. The summed E-state index contributed by atoms with van der Waals surface area (Å²) in [6, 6.07) is 7.72. The fourth-order valence-electron chi connectivity index (χ4n) is 3.51. The quantitative estimate of drug-likeness (QED) is 0.879. The van der Waals surface area contributed by atoms with Gasteiger partial charge in [0.2, 0.25) is 0 Å². The number of hydrogen-bond acceptors (Lipinski definition) is 1. The molecule has 0 aliphatic heterocycles. The van der Waals surface area contributed by atoms with Crippen molar-refractivity contribution >= 4 is 21.8 Å². The van der Waals surface area contributed by atoms with Crippen molar-refractivity contribution in [3.63, 3.8) is 0 Å². The molecule has 1 amide bonds. The maximum absolute atomic E-state index is 12.2. The third kappa shape index (κ3) is 2.46. The van der Waals surface area contributed by atoms with Crippen LogP contribution >= 0.6 is 15.9 Å². The molecule has 1 aromatic rings. The van der Waals surface area contributed by atoms with E-state index in [4.69, 9.17) is 0 Å². The molecule has 1 saturated carbocycles. The van der Waals surface area contributed by atoms with E-state index in [9.17, 15) is 4.79 Å². The zero-order valence-corrected chi connectivity index (χ0v) is 13.0. The summed E-state index contributed by atoms with van der Waals surface area (Å²) in [4.78, 5) is 12.2. The summed E-state index contributed by atoms with van der Waals surface area (Å²) in [5, 5.41) is 3.18. The normalized spacial score (nSPS) is 21.2. The summed E-state index contributed by atoms with van der Waals surface area (Å²) in [6.45, 7) is 8.85. The van der Waals surface area contributed by atoms with Gasteiger partial charge in [-0.15, -0.1) is 0 Å². The van der Waals surface area contributed by atoms with E-state index in [1.54, 1.807) is 0 Å². The maximum Gasteiger partial charge on any atom is 0.251 e. The van der Waals surface area contributed by atoms with Gasteiger partial charge in [-0.2, -0.15) is 0 Å². The molecule has 1 fully saturated rings. The highest BCUT2D eigenvalue weighted by Crippen LogP contribution is 2.53. The monoisotopic (exact) mass is 309 g/mol. The molecule has 18 heavy (non-hydrogen) atoms. The Kier molecular flexibility index (Phi) is 3.30. The van der Waals surface area contributed by atoms with Gasteiger partial charge < -0.3 is 5.32 Å². The SMILES string of the molecule is CC1(C)CC(C)(C)C1NC(=O)c1ccc(Br)cc1. The molecule has 0 bridgehead atoms. The summed E-state index contributed by atoms with van der Waals surface area (Å²) in [6.07, 6.45) is 1.14. The molecule has 1 N–H and O–H groups in total. The highest BCUT2D eigenvalue weighted by molar-refractivity contribution is 9.10. The van der Waals surface area contributed by atoms with E-state index < -0.39 is 0 Å². The van der Waals surface area contributed by atoms with Crippen LogP contribution in [0.1, 0.15) is 44.5 Å². The number of halogens is 1. The molecule has 2 rings (SSSR count). The van der Waals surface area contributed by atoms with Gasteiger partial charge >= 0.3 is 0 Å². The Morgan fingerprint density at radius 2 is 1.67 bits per heavy atom.